The predicted molar refractivity (Wildman–Crippen MR) is 120 cm³/mol. The molecule has 1 saturated heterocycles. The zero-order valence-corrected chi connectivity index (χ0v) is 18.1. The third kappa shape index (κ3) is 4.42. The standard InChI is InChI=1S/C21H19NO6S2/c1-26-15-8-13(9-16(27-2)19(15)28-3)10-17-20(25)22(21(29)30-17)14-6-4-12(5-7-14)11-18(23)24/h4-10H,11H2,1-3H3,(H,23,24)/b17-10+. The van der Waals surface area contributed by atoms with Gasteiger partial charge in [-0.3, -0.25) is 14.5 Å². The van der Waals surface area contributed by atoms with Crippen LogP contribution in [0.5, 0.6) is 17.2 Å². The van der Waals surface area contributed by atoms with Gasteiger partial charge in [0.2, 0.25) is 5.75 Å². The largest absolute Gasteiger partial charge is 0.493 e. The number of hydrogen-bond donors (Lipinski definition) is 1. The van der Waals surface area contributed by atoms with Gasteiger partial charge in [0.05, 0.1) is 38.3 Å². The second kappa shape index (κ2) is 9.19. The van der Waals surface area contributed by atoms with Crippen LogP contribution in [0.1, 0.15) is 11.1 Å². The Morgan fingerprint density at radius 1 is 1.10 bits per heavy atom. The summed E-state index contributed by atoms with van der Waals surface area (Å²) < 4.78 is 16.4. The summed E-state index contributed by atoms with van der Waals surface area (Å²) in [4.78, 5) is 25.7. The molecule has 2 aromatic rings. The fraction of sp³-hybridized carbons (Fsp3) is 0.190. The Bertz CT molecular complexity index is 1010. The van der Waals surface area contributed by atoms with Gasteiger partial charge in [0.15, 0.2) is 15.8 Å². The number of carboxylic acid groups (broad SMARTS) is 1. The SMILES string of the molecule is COc1cc(/C=C2/SC(=S)N(c3ccc(CC(=O)O)cc3)C2=O)cc(OC)c1OC. The number of nitrogens with zero attached hydrogens (tertiary/aromatic N) is 1. The maximum atomic E-state index is 13.0. The zero-order valence-electron chi connectivity index (χ0n) is 16.5. The second-order valence-electron chi connectivity index (χ2n) is 6.21. The molecule has 1 N–H and O–H groups in total. The molecule has 1 aliphatic rings. The molecule has 0 aliphatic carbocycles. The van der Waals surface area contributed by atoms with Gasteiger partial charge in [0, 0.05) is 0 Å². The monoisotopic (exact) mass is 445 g/mol. The summed E-state index contributed by atoms with van der Waals surface area (Å²) in [5.74, 6) is 0.248. The predicted octanol–water partition coefficient (Wildman–Crippen LogP) is 3.75. The summed E-state index contributed by atoms with van der Waals surface area (Å²) in [6, 6.07) is 10.2. The second-order valence-corrected chi connectivity index (χ2v) is 7.89. The third-order valence-corrected chi connectivity index (χ3v) is 5.63. The number of thioether (sulfide) groups is 1. The molecule has 3 rings (SSSR count). The van der Waals surface area contributed by atoms with Crippen LogP contribution in [0, 0.1) is 0 Å². The van der Waals surface area contributed by atoms with Crippen molar-refractivity contribution in [3.8, 4) is 17.2 Å². The van der Waals surface area contributed by atoms with Crippen LogP contribution in [0.3, 0.4) is 0 Å². The summed E-state index contributed by atoms with van der Waals surface area (Å²) in [7, 11) is 4.57. The van der Waals surface area contributed by atoms with Crippen LogP contribution in [0.2, 0.25) is 0 Å². The Balaban J connectivity index is 1.91. The Morgan fingerprint density at radius 3 is 2.20 bits per heavy atom. The molecule has 1 aliphatic heterocycles. The Kier molecular flexibility index (Phi) is 6.63. The summed E-state index contributed by atoms with van der Waals surface area (Å²) in [5, 5.41) is 8.89. The number of ether oxygens (including phenoxy) is 3. The quantitative estimate of drug-likeness (QED) is 0.510. The van der Waals surface area contributed by atoms with Crippen molar-refractivity contribution in [2.75, 3.05) is 26.2 Å². The van der Waals surface area contributed by atoms with Gasteiger partial charge in [-0.2, -0.15) is 0 Å². The minimum atomic E-state index is -0.915. The molecule has 0 atom stereocenters. The molecule has 9 heteroatoms. The maximum Gasteiger partial charge on any atom is 0.307 e. The van der Waals surface area contributed by atoms with Gasteiger partial charge < -0.3 is 19.3 Å². The van der Waals surface area contributed by atoms with Gasteiger partial charge in [-0.15, -0.1) is 0 Å². The van der Waals surface area contributed by atoms with Crippen LogP contribution in [-0.2, 0) is 16.0 Å². The lowest BCUT2D eigenvalue weighted by Crippen LogP contribution is -2.27. The van der Waals surface area contributed by atoms with E-state index in [1.54, 1.807) is 42.5 Å². The first-order chi connectivity index (χ1) is 14.4. The molecule has 0 aromatic heterocycles. The van der Waals surface area contributed by atoms with E-state index >= 15 is 0 Å². The van der Waals surface area contributed by atoms with Crippen molar-refractivity contribution in [3.05, 3.63) is 52.4 Å². The van der Waals surface area contributed by atoms with E-state index in [9.17, 15) is 9.59 Å². The van der Waals surface area contributed by atoms with Crippen LogP contribution in [0.4, 0.5) is 5.69 Å². The van der Waals surface area contributed by atoms with Gasteiger partial charge in [-0.25, -0.2) is 0 Å². The number of aliphatic carboxylic acids is 1. The maximum absolute atomic E-state index is 13.0. The lowest BCUT2D eigenvalue weighted by atomic mass is 10.1. The molecule has 2 aromatic carbocycles. The van der Waals surface area contributed by atoms with E-state index in [0.29, 0.717) is 43.3 Å². The van der Waals surface area contributed by atoms with Crippen LogP contribution in [0.15, 0.2) is 41.3 Å². The number of carboxylic acids is 1. The topological polar surface area (TPSA) is 85.3 Å². The number of carbonyl (C=O) groups excluding carboxylic acids is 1. The van der Waals surface area contributed by atoms with Crippen molar-refractivity contribution in [1.29, 1.82) is 0 Å². The van der Waals surface area contributed by atoms with Gasteiger partial charge >= 0.3 is 5.97 Å². The summed E-state index contributed by atoms with van der Waals surface area (Å²) in [6.45, 7) is 0. The van der Waals surface area contributed by atoms with E-state index in [-0.39, 0.29) is 12.3 Å². The van der Waals surface area contributed by atoms with Gasteiger partial charge in [0.25, 0.3) is 5.91 Å². The van der Waals surface area contributed by atoms with Gasteiger partial charge in [-0.05, 0) is 41.5 Å². The highest BCUT2D eigenvalue weighted by Gasteiger charge is 2.33. The number of benzene rings is 2. The van der Waals surface area contributed by atoms with E-state index in [2.05, 4.69) is 0 Å². The lowest BCUT2D eigenvalue weighted by molar-refractivity contribution is -0.136. The van der Waals surface area contributed by atoms with Crippen LogP contribution >= 0.6 is 24.0 Å². The van der Waals surface area contributed by atoms with E-state index in [1.807, 2.05) is 0 Å². The number of amides is 1. The number of rotatable bonds is 7. The Morgan fingerprint density at radius 2 is 1.70 bits per heavy atom. The molecule has 1 heterocycles. The van der Waals surface area contributed by atoms with E-state index < -0.39 is 5.97 Å². The molecule has 0 bridgehead atoms. The number of methoxy groups -OCH3 is 3. The molecule has 30 heavy (non-hydrogen) atoms. The van der Waals surface area contributed by atoms with E-state index in [1.165, 1.54) is 38.0 Å². The summed E-state index contributed by atoms with van der Waals surface area (Å²) in [6.07, 6.45) is 1.63. The van der Waals surface area contributed by atoms with Gasteiger partial charge in [0.1, 0.15) is 0 Å². The molecule has 0 radical (unpaired) electrons. The van der Waals surface area contributed by atoms with Crippen molar-refractivity contribution < 1.29 is 28.9 Å². The zero-order chi connectivity index (χ0) is 21.8. The van der Waals surface area contributed by atoms with Crippen molar-refractivity contribution in [2.45, 2.75) is 6.42 Å². The number of thiocarbonyl (C=S) groups is 1. The van der Waals surface area contributed by atoms with Crippen molar-refractivity contribution in [2.24, 2.45) is 0 Å². The van der Waals surface area contributed by atoms with Crippen molar-refractivity contribution in [1.82, 2.24) is 0 Å². The highest BCUT2D eigenvalue weighted by Crippen LogP contribution is 2.41. The average Bonchev–Trinajstić information content (AvgIpc) is 3.00. The first-order valence-electron chi connectivity index (χ1n) is 8.76. The molecule has 7 nitrogen and oxygen atoms in total. The fourth-order valence-electron chi connectivity index (χ4n) is 2.96. The van der Waals surface area contributed by atoms with Gasteiger partial charge in [-0.1, -0.05) is 36.1 Å². The molecule has 0 unspecified atom stereocenters. The first kappa shape index (κ1) is 21.7. The minimum absolute atomic E-state index is 0.0836. The highest BCUT2D eigenvalue weighted by atomic mass is 32.2. The molecule has 1 fully saturated rings. The molecular weight excluding hydrogens is 426 g/mol. The average molecular weight is 446 g/mol. The number of carbonyl (C=O) groups is 2. The van der Waals surface area contributed by atoms with Crippen LogP contribution in [-0.4, -0.2) is 42.6 Å². The molecule has 1 amide bonds. The van der Waals surface area contributed by atoms with E-state index in [0.717, 1.165) is 0 Å². The number of anilines is 1. The Hall–Kier alpha value is -3.04. The van der Waals surface area contributed by atoms with Crippen LogP contribution in [0.25, 0.3) is 6.08 Å². The first-order valence-corrected chi connectivity index (χ1v) is 9.99. The minimum Gasteiger partial charge on any atom is -0.493 e. The smallest absolute Gasteiger partial charge is 0.307 e. The fourth-order valence-corrected chi connectivity index (χ4v) is 4.26. The van der Waals surface area contributed by atoms with Crippen molar-refractivity contribution in [3.63, 3.8) is 0 Å². The third-order valence-electron chi connectivity index (χ3n) is 4.33. The molecule has 0 spiro atoms. The number of hydrogen-bond acceptors (Lipinski definition) is 7. The summed E-state index contributed by atoms with van der Waals surface area (Å²) >= 11 is 6.58. The summed E-state index contributed by atoms with van der Waals surface area (Å²) in [5.41, 5.74) is 1.92. The Labute approximate surface area is 183 Å². The van der Waals surface area contributed by atoms with E-state index in [4.69, 9.17) is 31.5 Å². The van der Waals surface area contributed by atoms with Crippen molar-refractivity contribution >= 4 is 51.9 Å². The normalized spacial score (nSPS) is 14.9. The van der Waals surface area contributed by atoms with Crippen LogP contribution < -0.4 is 19.1 Å². The molecule has 0 saturated carbocycles. The molecular formula is C21H19NO6S2. The molecule has 156 valence electrons. The lowest BCUT2D eigenvalue weighted by Gasteiger charge is -2.15. The highest BCUT2D eigenvalue weighted by molar-refractivity contribution is 8.27.